The summed E-state index contributed by atoms with van der Waals surface area (Å²) in [4.78, 5) is 28.9. The van der Waals surface area contributed by atoms with Gasteiger partial charge >= 0.3 is 15.6 Å². The Morgan fingerprint density at radius 3 is 1.53 bits per heavy atom. The van der Waals surface area contributed by atoms with Crippen molar-refractivity contribution in [1.29, 1.82) is 0 Å². The van der Waals surface area contributed by atoms with Gasteiger partial charge in [-0.05, 0) is 87.1 Å². The molecular weight excluding hydrogens is 657 g/mol. The lowest BCUT2D eigenvalue weighted by Crippen LogP contribution is -2.35. The Morgan fingerprint density at radius 1 is 0.694 bits per heavy atom. The number of amides is 2. The molecule has 0 fully saturated rings. The van der Waals surface area contributed by atoms with Crippen molar-refractivity contribution in [3.63, 3.8) is 0 Å². The van der Waals surface area contributed by atoms with Crippen LogP contribution in [0.3, 0.4) is 0 Å². The Kier molecular flexibility index (Phi) is 9.09. The molecule has 6 rings (SSSR count). The van der Waals surface area contributed by atoms with Gasteiger partial charge < -0.3 is 19.1 Å². The number of benzene rings is 4. The first-order chi connectivity index (χ1) is 22.8. The molecule has 4 aromatic carbocycles. The smallest absolute Gasteiger partial charge is 0.508 e. The topological polar surface area (TPSA) is 104 Å². The molecule has 2 aliphatic heterocycles. The number of carbonyl (C=O) groups excluding carboxylic acids is 2. The molecule has 258 valence electrons. The number of anilines is 2. The van der Waals surface area contributed by atoms with Gasteiger partial charge in [0, 0.05) is 12.1 Å². The Balaban J connectivity index is 0.000000199. The molecule has 2 amide bonds. The molecule has 0 saturated heterocycles. The van der Waals surface area contributed by atoms with Gasteiger partial charge in [0.1, 0.15) is 11.5 Å². The first-order valence-corrected chi connectivity index (χ1v) is 16.9. The summed E-state index contributed by atoms with van der Waals surface area (Å²) in [5.74, 6) is -0.384. The zero-order valence-electron chi connectivity index (χ0n) is 27.9. The Hall–Kier alpha value is -4.84. The van der Waals surface area contributed by atoms with Crippen LogP contribution >= 0.6 is 0 Å². The molecule has 2 heterocycles. The van der Waals surface area contributed by atoms with Gasteiger partial charge in [0.05, 0.1) is 35.3 Å². The minimum Gasteiger partial charge on any atom is -0.508 e. The summed E-state index contributed by atoms with van der Waals surface area (Å²) in [7, 11) is -5.81. The fraction of sp³-hybridized carbons (Fsp3) is 0.297. The Bertz CT molecular complexity index is 2030. The van der Waals surface area contributed by atoms with E-state index in [1.54, 1.807) is 24.8 Å². The highest BCUT2D eigenvalue weighted by Crippen LogP contribution is 2.46. The minimum atomic E-state index is -5.81. The van der Waals surface area contributed by atoms with E-state index in [0.717, 1.165) is 27.9 Å². The second kappa shape index (κ2) is 12.6. The third-order valence-corrected chi connectivity index (χ3v) is 9.91. The summed E-state index contributed by atoms with van der Waals surface area (Å²) in [6.07, 6.45) is 0. The van der Waals surface area contributed by atoms with Crippen molar-refractivity contribution in [1.82, 2.24) is 0 Å². The van der Waals surface area contributed by atoms with Gasteiger partial charge in [0.25, 0.3) is 0 Å². The lowest BCUT2D eigenvalue weighted by atomic mass is 9.85. The molecule has 0 radical (unpaired) electrons. The predicted molar refractivity (Wildman–Crippen MR) is 181 cm³/mol. The van der Waals surface area contributed by atoms with E-state index in [-0.39, 0.29) is 29.7 Å². The third-order valence-electron chi connectivity index (χ3n) is 8.95. The molecule has 0 aliphatic carbocycles. The SMILES string of the molecule is Cc1cc2c(cc1O)N(Cc1ccccc1)C(=O)C2(C)C.Cc1cc2c(cc1OS(=O)(=O)C(F)(F)F)N(Cc1ccccc1)C(=O)C2(C)C. The van der Waals surface area contributed by atoms with Crippen LogP contribution in [0.4, 0.5) is 24.5 Å². The van der Waals surface area contributed by atoms with Crippen LogP contribution in [0.1, 0.15) is 61.1 Å². The van der Waals surface area contributed by atoms with E-state index in [1.165, 1.54) is 24.0 Å². The average molecular weight is 695 g/mol. The molecular formula is C37H37F3N2O6S. The molecule has 0 unspecified atom stereocenters. The molecule has 2 aliphatic rings. The second-order valence-corrected chi connectivity index (χ2v) is 14.8. The number of rotatable bonds is 6. The normalized spacial score (nSPS) is 16.2. The maximum Gasteiger partial charge on any atom is 0.534 e. The molecule has 4 aromatic rings. The lowest BCUT2D eigenvalue weighted by molar-refractivity contribution is -0.122. The number of aryl methyl sites for hydroxylation is 2. The highest BCUT2D eigenvalue weighted by molar-refractivity contribution is 7.88. The summed E-state index contributed by atoms with van der Waals surface area (Å²) in [5, 5.41) is 9.99. The first-order valence-electron chi connectivity index (χ1n) is 15.5. The molecule has 0 spiro atoms. The summed E-state index contributed by atoms with van der Waals surface area (Å²) in [6.45, 7) is 11.3. The van der Waals surface area contributed by atoms with Gasteiger partial charge in [-0.2, -0.15) is 21.6 Å². The maximum absolute atomic E-state index is 12.9. The van der Waals surface area contributed by atoms with Gasteiger partial charge in [-0.15, -0.1) is 0 Å². The van der Waals surface area contributed by atoms with Crippen LogP contribution in [0.15, 0.2) is 84.9 Å². The van der Waals surface area contributed by atoms with Gasteiger partial charge in [-0.25, -0.2) is 0 Å². The van der Waals surface area contributed by atoms with Crippen LogP contribution in [-0.2, 0) is 43.6 Å². The number of fused-ring (bicyclic) bond motifs is 2. The summed E-state index contributed by atoms with van der Waals surface area (Å²) < 4.78 is 65.2. The van der Waals surface area contributed by atoms with Crippen LogP contribution in [0, 0.1) is 13.8 Å². The van der Waals surface area contributed by atoms with Crippen molar-refractivity contribution in [2.75, 3.05) is 9.80 Å². The van der Waals surface area contributed by atoms with E-state index in [4.69, 9.17) is 0 Å². The molecule has 0 atom stereocenters. The highest BCUT2D eigenvalue weighted by Gasteiger charge is 2.50. The van der Waals surface area contributed by atoms with E-state index in [2.05, 4.69) is 4.18 Å². The van der Waals surface area contributed by atoms with Crippen LogP contribution < -0.4 is 14.0 Å². The van der Waals surface area contributed by atoms with Crippen LogP contribution in [-0.4, -0.2) is 30.8 Å². The van der Waals surface area contributed by atoms with Crippen molar-refractivity contribution in [2.24, 2.45) is 0 Å². The van der Waals surface area contributed by atoms with Crippen molar-refractivity contribution in [2.45, 2.75) is 71.0 Å². The minimum absolute atomic E-state index is 0.0753. The zero-order chi connectivity index (χ0) is 36.1. The summed E-state index contributed by atoms with van der Waals surface area (Å²) >= 11 is 0. The lowest BCUT2D eigenvalue weighted by Gasteiger charge is -2.20. The largest absolute Gasteiger partial charge is 0.534 e. The first kappa shape index (κ1) is 35.5. The molecule has 0 aromatic heterocycles. The number of hydrogen-bond donors (Lipinski definition) is 1. The Morgan fingerprint density at radius 2 is 1.10 bits per heavy atom. The predicted octanol–water partition coefficient (Wildman–Crippen LogP) is 7.57. The number of alkyl halides is 3. The van der Waals surface area contributed by atoms with Gasteiger partial charge in [-0.3, -0.25) is 9.59 Å². The number of nitrogens with zero attached hydrogens (tertiary/aromatic N) is 2. The second-order valence-electron chi connectivity index (χ2n) is 13.3. The number of phenols is 1. The van der Waals surface area contributed by atoms with E-state index in [1.807, 2.05) is 87.5 Å². The van der Waals surface area contributed by atoms with Gasteiger partial charge in [0.2, 0.25) is 11.8 Å². The molecule has 49 heavy (non-hydrogen) atoms. The summed E-state index contributed by atoms with van der Waals surface area (Å²) in [5.41, 5.74) is -1.38. The van der Waals surface area contributed by atoms with E-state index in [9.17, 15) is 36.3 Å². The Labute approximate surface area is 283 Å². The van der Waals surface area contributed by atoms with Crippen molar-refractivity contribution >= 4 is 33.3 Å². The highest BCUT2D eigenvalue weighted by atomic mass is 32.2. The average Bonchev–Trinajstić information content (AvgIpc) is 3.32. The van der Waals surface area contributed by atoms with Crippen molar-refractivity contribution in [3.05, 3.63) is 118 Å². The number of aromatic hydroxyl groups is 1. The molecule has 12 heteroatoms. The standard InChI is InChI=1S/C19H18F3NO4S.C18H19NO2/c1-12-9-14-15(10-16(12)27-28(25,26)19(20,21)22)23(17(24)18(14,2)3)11-13-7-5-4-6-8-13;1-12-9-14-15(10-16(12)20)19(17(21)18(14,2)3)11-13-7-5-4-6-8-13/h4-10H,11H2,1-3H3;4-10,20H,11H2,1-3H3. The fourth-order valence-electron chi connectivity index (χ4n) is 6.04. The maximum atomic E-state index is 12.9. The van der Waals surface area contributed by atoms with Crippen molar-refractivity contribution < 1.29 is 40.5 Å². The number of halogens is 3. The molecule has 0 saturated carbocycles. The molecule has 8 nitrogen and oxygen atoms in total. The summed E-state index contributed by atoms with van der Waals surface area (Å²) in [6, 6.07) is 25.3. The van der Waals surface area contributed by atoms with E-state index >= 15 is 0 Å². The quantitative estimate of drug-likeness (QED) is 0.165. The third kappa shape index (κ3) is 6.61. The van der Waals surface area contributed by atoms with Crippen LogP contribution in [0.2, 0.25) is 0 Å². The number of phenolic OH excluding ortho intramolecular Hbond substituents is 1. The number of carbonyl (C=O) groups is 2. The van der Waals surface area contributed by atoms with Gasteiger partial charge in [0.15, 0.2) is 0 Å². The van der Waals surface area contributed by atoms with Gasteiger partial charge in [-0.1, -0.05) is 60.7 Å². The van der Waals surface area contributed by atoms with E-state index < -0.39 is 32.2 Å². The zero-order valence-corrected chi connectivity index (χ0v) is 28.7. The fourth-order valence-corrected chi connectivity index (χ4v) is 6.55. The molecule has 1 N–H and O–H groups in total. The monoisotopic (exact) mass is 694 g/mol. The molecule has 0 bridgehead atoms. The number of hydrogen-bond acceptors (Lipinski definition) is 6. The van der Waals surface area contributed by atoms with Crippen LogP contribution in [0.25, 0.3) is 0 Å². The van der Waals surface area contributed by atoms with Crippen molar-refractivity contribution in [3.8, 4) is 11.5 Å². The van der Waals surface area contributed by atoms with E-state index in [0.29, 0.717) is 17.8 Å². The van der Waals surface area contributed by atoms with Crippen LogP contribution in [0.5, 0.6) is 11.5 Å².